The van der Waals surface area contributed by atoms with Crippen LogP contribution in [0.3, 0.4) is 0 Å². The molecule has 0 spiro atoms. The van der Waals surface area contributed by atoms with Gasteiger partial charge in [0.2, 0.25) is 0 Å². The van der Waals surface area contributed by atoms with Gasteiger partial charge in [0, 0.05) is 0 Å². The normalized spacial score (nSPS) is 10.0. The van der Waals surface area contributed by atoms with Crippen LogP contribution in [0.2, 0.25) is 8.87 Å². The summed E-state index contributed by atoms with van der Waals surface area (Å²) in [6.07, 6.45) is 20.4. The molecule has 0 aliphatic rings. The molecule has 0 aromatic heterocycles. The second-order valence-corrected chi connectivity index (χ2v) is 13.7. The van der Waals surface area contributed by atoms with Crippen LogP contribution >= 0.6 is 25.3 Å². The Labute approximate surface area is 240 Å². The molecule has 0 aliphatic heterocycles. The molecular weight excluding hydrogens is 583 g/mol. The number of unbranched alkanes of at least 4 members (excludes halogenated alkanes) is 12. The molecule has 0 aromatic rings. The van der Waals surface area contributed by atoms with E-state index in [2.05, 4.69) is 53.0 Å². The minimum absolute atomic E-state index is 0.149. The molecule has 0 unspecified atom stereocenters. The number of thiol groups is 2. The molecule has 0 fully saturated rings. The van der Waals surface area contributed by atoms with Gasteiger partial charge in [0.25, 0.3) is 0 Å². The van der Waals surface area contributed by atoms with Crippen LogP contribution < -0.4 is 0 Å². The van der Waals surface area contributed by atoms with Crippen molar-refractivity contribution in [3.8, 4) is 0 Å². The van der Waals surface area contributed by atoms with E-state index in [1.807, 2.05) is 0 Å². The van der Waals surface area contributed by atoms with Crippen molar-refractivity contribution in [2.75, 3.05) is 24.7 Å². The Hall–Kier alpha value is 0.439. The molecule has 0 atom stereocenters. The average Bonchev–Trinajstić information content (AvgIpc) is 2.88. The van der Waals surface area contributed by atoms with Gasteiger partial charge in [-0.05, 0) is 12.8 Å². The number of carbonyl (C=O) groups excluding carboxylic acids is 2. The first-order valence-electron chi connectivity index (χ1n) is 14.3. The topological polar surface area (TPSA) is 52.6 Å². The fourth-order valence-electron chi connectivity index (χ4n) is 2.96. The van der Waals surface area contributed by atoms with E-state index in [0.29, 0.717) is 13.2 Å². The first-order chi connectivity index (χ1) is 17.0. The van der Waals surface area contributed by atoms with Crippen molar-refractivity contribution in [2.24, 2.45) is 0 Å². The summed E-state index contributed by atoms with van der Waals surface area (Å²) in [7, 11) is 0. The maximum absolute atomic E-state index is 10.6. The summed E-state index contributed by atoms with van der Waals surface area (Å²) in [5.74, 6) is -0.0418. The molecular formula is C28H58O4S2Sn. The van der Waals surface area contributed by atoms with E-state index in [1.54, 1.807) is 8.87 Å². The second-order valence-electron chi connectivity index (χ2n) is 8.75. The Kier molecular flexibility index (Phi) is 44.5. The standard InChI is InChI=1S/2C10H20O2S.2C4H9.Sn/c2*1-2-3-4-5-6-7-8-12-10(11)9-13;2*1-3-4-2;/h2*13H,2-9H2,1H3;2*1,3-4H2,2H3;. The summed E-state index contributed by atoms with van der Waals surface area (Å²) >= 11 is 7.77. The van der Waals surface area contributed by atoms with E-state index in [1.165, 1.54) is 89.9 Å². The number of rotatable bonds is 22. The van der Waals surface area contributed by atoms with Crippen molar-refractivity contribution in [3.63, 3.8) is 0 Å². The van der Waals surface area contributed by atoms with Gasteiger partial charge in [-0.15, -0.1) is 0 Å². The summed E-state index contributed by atoms with van der Waals surface area (Å²) in [6.45, 7) is 10.1. The third-order valence-electron chi connectivity index (χ3n) is 5.19. The average molecular weight is 642 g/mol. The zero-order chi connectivity index (χ0) is 26.8. The molecule has 0 amide bonds. The zero-order valence-electron chi connectivity index (χ0n) is 23.6. The van der Waals surface area contributed by atoms with E-state index in [9.17, 15) is 9.59 Å². The predicted molar refractivity (Wildman–Crippen MR) is 162 cm³/mol. The van der Waals surface area contributed by atoms with Crippen molar-refractivity contribution in [3.05, 3.63) is 0 Å². The third-order valence-corrected chi connectivity index (χ3v) is 9.75. The third kappa shape index (κ3) is 44.8. The zero-order valence-corrected chi connectivity index (χ0v) is 28.2. The summed E-state index contributed by atoms with van der Waals surface area (Å²) in [5.41, 5.74) is 0. The van der Waals surface area contributed by atoms with Crippen LogP contribution in [-0.4, -0.2) is 57.8 Å². The quantitative estimate of drug-likeness (QED) is 0.0537. The predicted octanol–water partition coefficient (Wildman–Crippen LogP) is 8.77. The SMILES string of the molecule is CCCCCCCCOC(=O)CS.CCCCCCCCOC(=O)CS.CCC[CH2][Sn][CH2]CCC. The molecule has 35 heavy (non-hydrogen) atoms. The number of ether oxygens (including phenoxy) is 2. The summed E-state index contributed by atoms with van der Waals surface area (Å²) in [6, 6.07) is 0. The molecule has 0 aromatic carbocycles. The van der Waals surface area contributed by atoms with Crippen molar-refractivity contribution in [1.82, 2.24) is 0 Å². The van der Waals surface area contributed by atoms with Gasteiger partial charge < -0.3 is 9.47 Å². The fourth-order valence-corrected chi connectivity index (χ4v) is 7.30. The molecule has 0 N–H and O–H groups in total. The van der Waals surface area contributed by atoms with Crippen LogP contribution in [0.5, 0.6) is 0 Å². The van der Waals surface area contributed by atoms with Crippen molar-refractivity contribution < 1.29 is 19.1 Å². The van der Waals surface area contributed by atoms with Crippen LogP contribution in [0.1, 0.15) is 130 Å². The van der Waals surface area contributed by atoms with Gasteiger partial charge in [-0.25, -0.2) is 0 Å². The molecule has 0 heterocycles. The van der Waals surface area contributed by atoms with Crippen molar-refractivity contribution in [2.45, 2.75) is 139 Å². The Morgan fingerprint density at radius 2 is 0.829 bits per heavy atom. The minimum atomic E-state index is -0.211. The molecule has 0 saturated carbocycles. The number of hydrogen-bond donors (Lipinski definition) is 2. The first kappa shape index (κ1) is 39.9. The number of carbonyl (C=O) groups is 2. The van der Waals surface area contributed by atoms with E-state index in [0.717, 1.165) is 12.8 Å². The summed E-state index contributed by atoms with van der Waals surface area (Å²) in [4.78, 5) is 21.3. The molecule has 7 heteroatoms. The first-order valence-corrected chi connectivity index (χ1v) is 19.6. The van der Waals surface area contributed by atoms with Gasteiger partial charge in [0.15, 0.2) is 0 Å². The summed E-state index contributed by atoms with van der Waals surface area (Å²) in [5, 5.41) is 0. The van der Waals surface area contributed by atoms with Gasteiger partial charge in [-0.2, -0.15) is 25.3 Å². The van der Waals surface area contributed by atoms with Gasteiger partial charge in [-0.3, -0.25) is 9.59 Å². The molecule has 4 nitrogen and oxygen atoms in total. The van der Waals surface area contributed by atoms with Crippen molar-refractivity contribution >= 4 is 58.3 Å². The molecule has 0 rings (SSSR count). The number of esters is 2. The second kappa shape index (κ2) is 39.0. The maximum atomic E-state index is 10.6. The molecule has 0 bridgehead atoms. The van der Waals surface area contributed by atoms with Gasteiger partial charge in [0.05, 0.1) is 24.7 Å². The van der Waals surface area contributed by atoms with Crippen LogP contribution in [-0.2, 0) is 19.1 Å². The van der Waals surface area contributed by atoms with E-state index < -0.39 is 0 Å². The van der Waals surface area contributed by atoms with Crippen LogP contribution in [0.25, 0.3) is 0 Å². The Morgan fingerprint density at radius 1 is 0.514 bits per heavy atom. The van der Waals surface area contributed by atoms with Crippen LogP contribution in [0.4, 0.5) is 0 Å². The van der Waals surface area contributed by atoms with Crippen LogP contribution in [0, 0.1) is 0 Å². The Bertz CT molecular complexity index is 376. The molecule has 0 aliphatic carbocycles. The Morgan fingerprint density at radius 3 is 1.14 bits per heavy atom. The molecule has 210 valence electrons. The summed E-state index contributed by atoms with van der Waals surface area (Å²) < 4.78 is 13.0. The van der Waals surface area contributed by atoms with Gasteiger partial charge in [0.1, 0.15) is 0 Å². The fraction of sp³-hybridized carbons (Fsp3) is 0.929. The van der Waals surface area contributed by atoms with Gasteiger partial charge >= 0.3 is 81.5 Å². The van der Waals surface area contributed by atoms with Gasteiger partial charge in [-0.1, -0.05) is 78.1 Å². The monoisotopic (exact) mass is 642 g/mol. The molecule has 2 radical (unpaired) electrons. The molecule has 0 saturated heterocycles. The van der Waals surface area contributed by atoms with E-state index in [-0.39, 0.29) is 44.6 Å². The number of hydrogen-bond acceptors (Lipinski definition) is 6. The van der Waals surface area contributed by atoms with E-state index >= 15 is 0 Å². The van der Waals surface area contributed by atoms with Crippen molar-refractivity contribution in [1.29, 1.82) is 0 Å². The van der Waals surface area contributed by atoms with Crippen LogP contribution in [0.15, 0.2) is 0 Å². The Balaban J connectivity index is -0.000000448. The van der Waals surface area contributed by atoms with E-state index in [4.69, 9.17) is 9.47 Å².